The lowest BCUT2D eigenvalue weighted by Gasteiger charge is -2.19. The van der Waals surface area contributed by atoms with Crippen LogP contribution in [0.25, 0.3) is 5.57 Å². The SMILES string of the molecule is COc1ccccc1C1=C(Nc2cccc(C)c2C)C(=O)N(c2cc(C)ccc2C)C1=O. The van der Waals surface area contributed by atoms with Gasteiger partial charge in [-0.25, -0.2) is 4.90 Å². The number of nitrogens with one attached hydrogen (secondary N) is 1. The number of methoxy groups -OCH3 is 1. The Labute approximate surface area is 188 Å². The molecule has 1 aliphatic rings. The third kappa shape index (κ3) is 3.56. The first-order chi connectivity index (χ1) is 15.3. The zero-order chi connectivity index (χ0) is 23.0. The maximum atomic E-state index is 13.8. The minimum atomic E-state index is -0.384. The van der Waals surface area contributed by atoms with Gasteiger partial charge in [0.25, 0.3) is 11.8 Å². The molecule has 0 bridgehead atoms. The van der Waals surface area contributed by atoms with E-state index in [9.17, 15) is 9.59 Å². The number of aryl methyl sites for hydroxylation is 3. The van der Waals surface area contributed by atoms with Crippen molar-refractivity contribution in [2.75, 3.05) is 17.3 Å². The van der Waals surface area contributed by atoms with Gasteiger partial charge < -0.3 is 10.1 Å². The maximum absolute atomic E-state index is 13.8. The number of benzene rings is 3. The van der Waals surface area contributed by atoms with Crippen LogP contribution in [0.2, 0.25) is 0 Å². The second kappa shape index (κ2) is 8.35. The highest BCUT2D eigenvalue weighted by molar-refractivity contribution is 6.46. The largest absolute Gasteiger partial charge is 0.496 e. The van der Waals surface area contributed by atoms with Gasteiger partial charge in [0.15, 0.2) is 0 Å². The molecule has 1 aliphatic heterocycles. The number of imide groups is 1. The number of para-hydroxylation sites is 1. The van der Waals surface area contributed by atoms with Gasteiger partial charge in [0.2, 0.25) is 0 Å². The molecular weight excluding hydrogens is 400 g/mol. The highest BCUT2D eigenvalue weighted by atomic mass is 16.5. The minimum Gasteiger partial charge on any atom is -0.496 e. The van der Waals surface area contributed by atoms with Crippen LogP contribution in [0.3, 0.4) is 0 Å². The molecule has 0 saturated carbocycles. The van der Waals surface area contributed by atoms with E-state index < -0.39 is 0 Å². The molecule has 5 nitrogen and oxygen atoms in total. The fourth-order valence-corrected chi connectivity index (χ4v) is 3.95. The van der Waals surface area contributed by atoms with Gasteiger partial charge in [0.1, 0.15) is 11.4 Å². The smallest absolute Gasteiger partial charge is 0.282 e. The molecule has 0 spiro atoms. The van der Waals surface area contributed by atoms with Gasteiger partial charge >= 0.3 is 0 Å². The zero-order valence-corrected chi connectivity index (χ0v) is 18.9. The van der Waals surface area contributed by atoms with Crippen LogP contribution in [-0.4, -0.2) is 18.9 Å². The van der Waals surface area contributed by atoms with Crippen LogP contribution in [0.1, 0.15) is 27.8 Å². The fourth-order valence-electron chi connectivity index (χ4n) is 3.95. The molecule has 3 aromatic rings. The van der Waals surface area contributed by atoms with Gasteiger partial charge in [-0.1, -0.05) is 42.5 Å². The Morgan fingerprint density at radius 1 is 0.812 bits per heavy atom. The number of carbonyl (C=O) groups excluding carboxylic acids is 2. The van der Waals surface area contributed by atoms with E-state index in [1.165, 1.54) is 4.90 Å². The molecular formula is C27H26N2O3. The summed E-state index contributed by atoms with van der Waals surface area (Å²) in [7, 11) is 1.56. The van der Waals surface area contributed by atoms with E-state index >= 15 is 0 Å². The molecule has 0 aromatic heterocycles. The first-order valence-corrected chi connectivity index (χ1v) is 10.5. The number of amides is 2. The van der Waals surface area contributed by atoms with Crippen molar-refractivity contribution >= 4 is 28.8 Å². The maximum Gasteiger partial charge on any atom is 0.282 e. The molecule has 3 aromatic carbocycles. The first-order valence-electron chi connectivity index (χ1n) is 10.5. The number of hydrogen-bond acceptors (Lipinski definition) is 4. The van der Waals surface area contributed by atoms with E-state index in [0.717, 1.165) is 27.9 Å². The molecule has 2 amide bonds. The average molecular weight is 427 g/mol. The zero-order valence-electron chi connectivity index (χ0n) is 18.9. The van der Waals surface area contributed by atoms with E-state index in [1.54, 1.807) is 19.2 Å². The quantitative estimate of drug-likeness (QED) is 0.561. The minimum absolute atomic E-state index is 0.245. The summed E-state index contributed by atoms with van der Waals surface area (Å²) in [5.41, 5.74) is 6.44. The van der Waals surface area contributed by atoms with Gasteiger partial charge in [-0.05, 0) is 68.1 Å². The van der Waals surface area contributed by atoms with Crippen LogP contribution < -0.4 is 15.0 Å². The van der Waals surface area contributed by atoms with Gasteiger partial charge in [-0.3, -0.25) is 9.59 Å². The van der Waals surface area contributed by atoms with Crippen LogP contribution in [-0.2, 0) is 9.59 Å². The Kier molecular flexibility index (Phi) is 5.57. The van der Waals surface area contributed by atoms with E-state index in [4.69, 9.17) is 4.74 Å². The highest BCUT2D eigenvalue weighted by Crippen LogP contribution is 2.38. The predicted octanol–water partition coefficient (Wildman–Crippen LogP) is 5.33. The number of carbonyl (C=O) groups is 2. The Hall–Kier alpha value is -3.86. The molecule has 5 heteroatoms. The third-order valence-corrected chi connectivity index (χ3v) is 5.93. The van der Waals surface area contributed by atoms with Crippen LogP contribution in [0.4, 0.5) is 11.4 Å². The lowest BCUT2D eigenvalue weighted by molar-refractivity contribution is -0.120. The number of nitrogens with zero attached hydrogens (tertiary/aromatic N) is 1. The van der Waals surface area contributed by atoms with Crippen molar-refractivity contribution in [3.8, 4) is 5.75 Å². The molecule has 0 radical (unpaired) electrons. The lowest BCUT2D eigenvalue weighted by Crippen LogP contribution is -2.33. The molecule has 1 N–H and O–H groups in total. The van der Waals surface area contributed by atoms with Gasteiger partial charge in [-0.2, -0.15) is 0 Å². The molecule has 162 valence electrons. The second-order valence-electron chi connectivity index (χ2n) is 8.06. The Bertz CT molecular complexity index is 1270. The standard InChI is InChI=1S/C27H26N2O3/c1-16-13-14-18(3)22(15-16)29-26(30)24(20-10-6-7-12-23(20)32-5)25(27(29)31)28-21-11-8-9-17(2)19(21)4/h6-15,28H,1-5H3. The van der Waals surface area contributed by atoms with E-state index in [1.807, 2.05) is 76.2 Å². The van der Waals surface area contributed by atoms with Crippen molar-refractivity contribution in [1.29, 1.82) is 0 Å². The highest BCUT2D eigenvalue weighted by Gasteiger charge is 2.41. The Morgan fingerprint density at radius 3 is 2.31 bits per heavy atom. The van der Waals surface area contributed by atoms with Crippen LogP contribution in [0, 0.1) is 27.7 Å². The summed E-state index contributed by atoms with van der Waals surface area (Å²) in [6, 6.07) is 18.9. The lowest BCUT2D eigenvalue weighted by atomic mass is 10.0. The van der Waals surface area contributed by atoms with Crippen molar-refractivity contribution < 1.29 is 14.3 Å². The molecule has 0 aliphatic carbocycles. The molecule has 1 heterocycles. The molecule has 4 rings (SSSR count). The van der Waals surface area contributed by atoms with Crippen molar-refractivity contribution in [3.05, 3.63) is 94.2 Å². The van der Waals surface area contributed by atoms with E-state index in [2.05, 4.69) is 5.32 Å². The third-order valence-electron chi connectivity index (χ3n) is 5.93. The summed E-state index contributed by atoms with van der Waals surface area (Å²) in [6.07, 6.45) is 0. The Morgan fingerprint density at radius 2 is 1.56 bits per heavy atom. The van der Waals surface area contributed by atoms with E-state index in [-0.39, 0.29) is 17.5 Å². The normalized spacial score (nSPS) is 13.7. The number of rotatable bonds is 5. The second-order valence-corrected chi connectivity index (χ2v) is 8.06. The molecule has 0 saturated heterocycles. The molecule has 0 atom stereocenters. The molecule has 0 unspecified atom stereocenters. The predicted molar refractivity (Wildman–Crippen MR) is 128 cm³/mol. The molecule has 32 heavy (non-hydrogen) atoms. The van der Waals surface area contributed by atoms with Crippen LogP contribution >= 0.6 is 0 Å². The van der Waals surface area contributed by atoms with Crippen molar-refractivity contribution in [1.82, 2.24) is 0 Å². The Balaban J connectivity index is 1.92. The average Bonchev–Trinajstić information content (AvgIpc) is 3.02. The first kappa shape index (κ1) is 21.4. The van der Waals surface area contributed by atoms with E-state index in [0.29, 0.717) is 22.6 Å². The van der Waals surface area contributed by atoms with Crippen molar-refractivity contribution in [2.24, 2.45) is 0 Å². The summed E-state index contributed by atoms with van der Waals surface area (Å²) in [5, 5.41) is 3.28. The monoisotopic (exact) mass is 426 g/mol. The van der Waals surface area contributed by atoms with Gasteiger partial charge in [0, 0.05) is 11.3 Å². The summed E-state index contributed by atoms with van der Waals surface area (Å²) in [6.45, 7) is 7.84. The molecule has 0 fully saturated rings. The fraction of sp³-hybridized carbons (Fsp3) is 0.185. The topological polar surface area (TPSA) is 58.6 Å². The van der Waals surface area contributed by atoms with Gasteiger partial charge in [0.05, 0.1) is 18.4 Å². The summed E-state index contributed by atoms with van der Waals surface area (Å²) in [4.78, 5) is 28.7. The summed E-state index contributed by atoms with van der Waals surface area (Å²) in [5.74, 6) is -0.224. The van der Waals surface area contributed by atoms with Crippen molar-refractivity contribution in [2.45, 2.75) is 27.7 Å². The summed E-state index contributed by atoms with van der Waals surface area (Å²) < 4.78 is 5.52. The number of ether oxygens (including phenoxy) is 1. The summed E-state index contributed by atoms with van der Waals surface area (Å²) >= 11 is 0. The van der Waals surface area contributed by atoms with Crippen molar-refractivity contribution in [3.63, 3.8) is 0 Å². The number of hydrogen-bond donors (Lipinski definition) is 1. The van der Waals surface area contributed by atoms with Crippen LogP contribution in [0.15, 0.2) is 66.4 Å². The number of anilines is 2. The van der Waals surface area contributed by atoms with Crippen LogP contribution in [0.5, 0.6) is 5.75 Å². The van der Waals surface area contributed by atoms with Gasteiger partial charge in [-0.15, -0.1) is 0 Å².